The van der Waals surface area contributed by atoms with Gasteiger partial charge in [0.1, 0.15) is 5.75 Å². The summed E-state index contributed by atoms with van der Waals surface area (Å²) in [4.78, 5) is 4.06. The van der Waals surface area contributed by atoms with Gasteiger partial charge in [0.15, 0.2) is 12.4 Å². The molecular weight excluding hydrogens is 230 g/mol. The monoisotopic (exact) mass is 247 g/mol. The minimum atomic E-state index is 0.0811. The molecule has 0 spiro atoms. The molecule has 1 aromatic carbocycles. The summed E-state index contributed by atoms with van der Waals surface area (Å²) in [6.07, 6.45) is 0.918. The lowest BCUT2D eigenvalue weighted by Crippen LogP contribution is -2.08. The first-order valence-electron chi connectivity index (χ1n) is 5.96. The van der Waals surface area contributed by atoms with Crippen LogP contribution in [0.15, 0.2) is 28.8 Å². The number of aromatic nitrogens is 2. The summed E-state index contributed by atoms with van der Waals surface area (Å²) in [5, 5.41) is 3.69. The van der Waals surface area contributed by atoms with Crippen LogP contribution in [0.1, 0.15) is 36.7 Å². The summed E-state index contributed by atoms with van der Waals surface area (Å²) in [6, 6.07) is 7.82. The fourth-order valence-corrected chi connectivity index (χ4v) is 1.59. The van der Waals surface area contributed by atoms with Crippen LogP contribution in [0.25, 0.3) is 0 Å². The van der Waals surface area contributed by atoms with Crippen molar-refractivity contribution in [2.45, 2.75) is 32.9 Å². The highest BCUT2D eigenvalue weighted by Gasteiger charge is 2.05. The van der Waals surface area contributed by atoms with E-state index in [0.29, 0.717) is 11.7 Å². The summed E-state index contributed by atoms with van der Waals surface area (Å²) in [7, 11) is 0. The van der Waals surface area contributed by atoms with E-state index >= 15 is 0 Å². The van der Waals surface area contributed by atoms with Crippen LogP contribution < -0.4 is 10.5 Å². The number of nitrogens with two attached hydrogens (primary N) is 1. The Bertz CT molecular complexity index is 493. The number of hydrogen-bond donors (Lipinski definition) is 1. The lowest BCUT2D eigenvalue weighted by Gasteiger charge is -2.10. The van der Waals surface area contributed by atoms with E-state index in [4.69, 9.17) is 15.0 Å². The third-order valence-corrected chi connectivity index (χ3v) is 2.68. The van der Waals surface area contributed by atoms with Gasteiger partial charge in [-0.25, -0.2) is 0 Å². The first kappa shape index (κ1) is 12.6. The molecule has 1 aromatic heterocycles. The zero-order valence-corrected chi connectivity index (χ0v) is 10.6. The van der Waals surface area contributed by atoms with Crippen LogP contribution in [-0.2, 0) is 6.61 Å². The molecular formula is C13H17N3O2. The van der Waals surface area contributed by atoms with Gasteiger partial charge in [0, 0.05) is 6.04 Å². The van der Waals surface area contributed by atoms with E-state index in [0.717, 1.165) is 17.7 Å². The molecule has 0 fully saturated rings. The molecule has 0 radical (unpaired) electrons. The lowest BCUT2D eigenvalue weighted by molar-refractivity contribution is 0.242. The number of nitrogens with zero attached hydrogens (tertiary/aromatic N) is 2. The Morgan fingerprint density at radius 2 is 2.06 bits per heavy atom. The van der Waals surface area contributed by atoms with Gasteiger partial charge in [0.25, 0.3) is 5.89 Å². The van der Waals surface area contributed by atoms with Crippen molar-refractivity contribution in [3.05, 3.63) is 41.5 Å². The average molecular weight is 247 g/mol. The third kappa shape index (κ3) is 3.07. The van der Waals surface area contributed by atoms with E-state index in [1.807, 2.05) is 24.3 Å². The lowest BCUT2D eigenvalue weighted by atomic mass is 10.1. The predicted molar refractivity (Wildman–Crippen MR) is 67.0 cm³/mol. The Balaban J connectivity index is 1.94. The number of benzene rings is 1. The van der Waals surface area contributed by atoms with Gasteiger partial charge < -0.3 is 15.0 Å². The second-order valence-corrected chi connectivity index (χ2v) is 4.11. The van der Waals surface area contributed by atoms with Crippen LogP contribution in [0.3, 0.4) is 0 Å². The van der Waals surface area contributed by atoms with Crippen molar-refractivity contribution < 1.29 is 9.26 Å². The molecule has 1 atom stereocenters. The molecule has 0 saturated heterocycles. The maximum absolute atomic E-state index is 5.94. The third-order valence-electron chi connectivity index (χ3n) is 2.68. The maximum Gasteiger partial charge on any atom is 0.264 e. The molecule has 2 aromatic rings. The second kappa shape index (κ2) is 5.64. The normalized spacial score (nSPS) is 12.4. The van der Waals surface area contributed by atoms with Gasteiger partial charge in [-0.2, -0.15) is 4.98 Å². The smallest absolute Gasteiger partial charge is 0.264 e. The first-order chi connectivity index (χ1) is 8.69. The quantitative estimate of drug-likeness (QED) is 0.877. The Kier molecular flexibility index (Phi) is 3.94. The van der Waals surface area contributed by atoms with Gasteiger partial charge in [-0.05, 0) is 31.0 Å². The van der Waals surface area contributed by atoms with Crippen molar-refractivity contribution in [1.29, 1.82) is 0 Å². The summed E-state index contributed by atoms with van der Waals surface area (Å²) < 4.78 is 10.5. The minimum Gasteiger partial charge on any atom is -0.484 e. The van der Waals surface area contributed by atoms with Crippen molar-refractivity contribution >= 4 is 0 Å². The van der Waals surface area contributed by atoms with E-state index in [9.17, 15) is 0 Å². The molecule has 0 amide bonds. The second-order valence-electron chi connectivity index (χ2n) is 4.11. The molecule has 1 unspecified atom stereocenters. The molecule has 2 N–H and O–H groups in total. The van der Waals surface area contributed by atoms with E-state index < -0.39 is 0 Å². The minimum absolute atomic E-state index is 0.0811. The summed E-state index contributed by atoms with van der Waals surface area (Å²) >= 11 is 0. The Hall–Kier alpha value is -1.88. The largest absolute Gasteiger partial charge is 0.484 e. The zero-order chi connectivity index (χ0) is 13.0. The van der Waals surface area contributed by atoms with Crippen LogP contribution in [0, 0.1) is 6.92 Å². The van der Waals surface area contributed by atoms with Gasteiger partial charge in [-0.15, -0.1) is 0 Å². The summed E-state index contributed by atoms with van der Waals surface area (Å²) in [5.41, 5.74) is 7.05. The van der Waals surface area contributed by atoms with E-state index in [2.05, 4.69) is 17.1 Å². The Labute approximate surface area is 106 Å². The molecule has 0 aliphatic rings. The van der Waals surface area contributed by atoms with Crippen LogP contribution in [0.2, 0.25) is 0 Å². The van der Waals surface area contributed by atoms with Gasteiger partial charge >= 0.3 is 0 Å². The maximum atomic E-state index is 5.94. The molecule has 1 heterocycles. The molecule has 2 rings (SSSR count). The summed E-state index contributed by atoms with van der Waals surface area (Å²) in [6.45, 7) is 4.11. The van der Waals surface area contributed by atoms with Gasteiger partial charge in [0.2, 0.25) is 0 Å². The number of rotatable bonds is 5. The fraction of sp³-hybridized carbons (Fsp3) is 0.385. The summed E-state index contributed by atoms with van der Waals surface area (Å²) in [5.74, 6) is 1.85. The van der Waals surface area contributed by atoms with Crippen molar-refractivity contribution in [2.24, 2.45) is 5.73 Å². The molecule has 96 valence electrons. The van der Waals surface area contributed by atoms with Crippen molar-refractivity contribution in [1.82, 2.24) is 10.1 Å². The fourth-order valence-electron chi connectivity index (χ4n) is 1.59. The SMILES string of the molecule is CCC(N)c1ccc(OCc2nc(C)no2)cc1. The van der Waals surface area contributed by atoms with E-state index in [1.54, 1.807) is 6.92 Å². The molecule has 0 bridgehead atoms. The molecule has 18 heavy (non-hydrogen) atoms. The molecule has 0 saturated carbocycles. The van der Waals surface area contributed by atoms with Crippen molar-refractivity contribution in [3.8, 4) is 5.75 Å². The number of hydrogen-bond acceptors (Lipinski definition) is 5. The van der Waals surface area contributed by atoms with Gasteiger partial charge in [-0.1, -0.05) is 24.2 Å². The topological polar surface area (TPSA) is 74.2 Å². The van der Waals surface area contributed by atoms with Crippen LogP contribution >= 0.6 is 0 Å². The van der Waals surface area contributed by atoms with Crippen molar-refractivity contribution in [3.63, 3.8) is 0 Å². The number of ether oxygens (including phenoxy) is 1. The Morgan fingerprint density at radius 1 is 1.33 bits per heavy atom. The van der Waals surface area contributed by atoms with Gasteiger partial charge in [-0.3, -0.25) is 0 Å². The average Bonchev–Trinajstić information content (AvgIpc) is 2.82. The number of aryl methyl sites for hydroxylation is 1. The highest BCUT2D eigenvalue weighted by atomic mass is 16.5. The zero-order valence-electron chi connectivity index (χ0n) is 10.6. The predicted octanol–water partition coefficient (Wildman–Crippen LogP) is 2.37. The Morgan fingerprint density at radius 3 is 2.61 bits per heavy atom. The van der Waals surface area contributed by atoms with E-state index in [1.165, 1.54) is 0 Å². The van der Waals surface area contributed by atoms with Crippen LogP contribution in [0.4, 0.5) is 0 Å². The van der Waals surface area contributed by atoms with E-state index in [-0.39, 0.29) is 12.6 Å². The van der Waals surface area contributed by atoms with Crippen molar-refractivity contribution in [2.75, 3.05) is 0 Å². The van der Waals surface area contributed by atoms with Crippen LogP contribution in [-0.4, -0.2) is 10.1 Å². The highest BCUT2D eigenvalue weighted by molar-refractivity contribution is 5.28. The van der Waals surface area contributed by atoms with Gasteiger partial charge in [0.05, 0.1) is 0 Å². The first-order valence-corrected chi connectivity index (χ1v) is 5.96. The molecule has 0 aliphatic carbocycles. The standard InChI is InChI=1S/C13H17N3O2/c1-3-12(14)10-4-6-11(7-5-10)17-8-13-15-9(2)16-18-13/h4-7,12H,3,8,14H2,1-2H3. The highest BCUT2D eigenvalue weighted by Crippen LogP contribution is 2.18. The molecule has 5 nitrogen and oxygen atoms in total. The molecule has 5 heteroatoms. The molecule has 0 aliphatic heterocycles. The van der Waals surface area contributed by atoms with Crippen LogP contribution in [0.5, 0.6) is 5.75 Å².